The van der Waals surface area contributed by atoms with Gasteiger partial charge < -0.3 is 9.47 Å². The third-order valence-corrected chi connectivity index (χ3v) is 3.26. The van der Waals surface area contributed by atoms with E-state index in [0.29, 0.717) is 13.0 Å². The Morgan fingerprint density at radius 3 is 2.83 bits per heavy atom. The van der Waals surface area contributed by atoms with Gasteiger partial charge in [0.2, 0.25) is 0 Å². The number of hydrogen-bond acceptors (Lipinski definition) is 4. The Kier molecular flexibility index (Phi) is 2.66. The minimum Gasteiger partial charge on any atom is -0.459 e. The number of nitrogens with zero attached hydrogens (tertiary/aromatic N) is 1. The quantitative estimate of drug-likeness (QED) is 0.740. The molecule has 2 aliphatic rings. The molecule has 0 saturated carbocycles. The smallest absolute Gasteiger partial charge is 0.410 e. The molecule has 0 N–H and O–H groups in total. The van der Waals surface area contributed by atoms with E-state index in [4.69, 9.17) is 9.47 Å². The Morgan fingerprint density at radius 1 is 1.39 bits per heavy atom. The first-order chi connectivity index (χ1) is 8.74. The van der Waals surface area contributed by atoms with Crippen molar-refractivity contribution in [3.05, 3.63) is 35.9 Å². The highest BCUT2D eigenvalue weighted by Gasteiger charge is 2.49. The first-order valence-electron chi connectivity index (χ1n) is 5.92. The van der Waals surface area contributed by atoms with Gasteiger partial charge in [0, 0.05) is 6.42 Å². The number of hydrogen-bond donors (Lipinski definition) is 0. The lowest BCUT2D eigenvalue weighted by molar-refractivity contribution is -0.150. The molecule has 1 aromatic carbocycles. The van der Waals surface area contributed by atoms with Crippen LogP contribution < -0.4 is 0 Å². The highest BCUT2D eigenvalue weighted by molar-refractivity contribution is 5.84. The third-order valence-electron chi connectivity index (χ3n) is 3.26. The fourth-order valence-corrected chi connectivity index (χ4v) is 2.35. The molecular weight excluding hydrogens is 234 g/mol. The van der Waals surface area contributed by atoms with Gasteiger partial charge in [-0.15, -0.1) is 0 Å². The maximum Gasteiger partial charge on any atom is 0.410 e. The number of esters is 1. The van der Waals surface area contributed by atoms with E-state index < -0.39 is 12.1 Å². The van der Waals surface area contributed by atoms with Crippen molar-refractivity contribution in [1.82, 2.24) is 4.90 Å². The molecule has 3 rings (SSSR count). The van der Waals surface area contributed by atoms with E-state index in [9.17, 15) is 9.59 Å². The summed E-state index contributed by atoms with van der Waals surface area (Å²) >= 11 is 0. The molecule has 1 unspecified atom stereocenters. The highest BCUT2D eigenvalue weighted by Crippen LogP contribution is 2.29. The van der Waals surface area contributed by atoms with Crippen molar-refractivity contribution in [2.75, 3.05) is 6.54 Å². The van der Waals surface area contributed by atoms with Gasteiger partial charge in [0.15, 0.2) is 0 Å². The zero-order valence-electron chi connectivity index (χ0n) is 9.74. The van der Waals surface area contributed by atoms with Crippen LogP contribution in [0.15, 0.2) is 30.3 Å². The van der Waals surface area contributed by atoms with Gasteiger partial charge in [0.05, 0.1) is 6.54 Å². The summed E-state index contributed by atoms with van der Waals surface area (Å²) in [5.74, 6) is -0.317. The van der Waals surface area contributed by atoms with Gasteiger partial charge in [-0.2, -0.15) is 0 Å². The van der Waals surface area contributed by atoms with Crippen LogP contribution >= 0.6 is 0 Å². The van der Waals surface area contributed by atoms with Crippen LogP contribution in [0, 0.1) is 0 Å². The van der Waals surface area contributed by atoms with Crippen molar-refractivity contribution in [2.45, 2.75) is 25.2 Å². The number of carbonyl (C=O) groups is 2. The zero-order valence-corrected chi connectivity index (χ0v) is 9.74. The maximum absolute atomic E-state index is 11.8. The molecule has 0 aliphatic carbocycles. The van der Waals surface area contributed by atoms with Crippen molar-refractivity contribution < 1.29 is 19.1 Å². The lowest BCUT2D eigenvalue weighted by Gasteiger charge is -2.24. The number of fused-ring (bicyclic) bond motifs is 2. The topological polar surface area (TPSA) is 55.8 Å². The molecule has 5 heteroatoms. The molecule has 2 atom stereocenters. The van der Waals surface area contributed by atoms with Gasteiger partial charge in [-0.05, 0) is 5.56 Å². The molecule has 0 radical (unpaired) electrons. The number of benzene rings is 1. The predicted octanol–water partition coefficient (Wildman–Crippen LogP) is 1.32. The number of rotatable bonds is 2. The Balaban J connectivity index is 1.58. The summed E-state index contributed by atoms with van der Waals surface area (Å²) in [4.78, 5) is 24.7. The fourth-order valence-electron chi connectivity index (χ4n) is 2.35. The second kappa shape index (κ2) is 4.33. The summed E-state index contributed by atoms with van der Waals surface area (Å²) in [6.45, 7) is 0.673. The minimum atomic E-state index is -0.446. The van der Waals surface area contributed by atoms with Gasteiger partial charge >= 0.3 is 12.1 Å². The van der Waals surface area contributed by atoms with E-state index in [1.165, 1.54) is 4.90 Å². The fraction of sp³-hybridized carbons (Fsp3) is 0.385. The first-order valence-corrected chi connectivity index (χ1v) is 5.92. The molecule has 0 spiro atoms. The molecule has 1 aromatic rings. The van der Waals surface area contributed by atoms with Gasteiger partial charge in [0.25, 0.3) is 0 Å². The van der Waals surface area contributed by atoms with Crippen LogP contribution in [0.25, 0.3) is 0 Å². The normalized spacial score (nSPS) is 25.1. The van der Waals surface area contributed by atoms with Crippen LogP contribution in [-0.4, -0.2) is 35.7 Å². The van der Waals surface area contributed by atoms with Crippen molar-refractivity contribution in [1.29, 1.82) is 0 Å². The lowest BCUT2D eigenvalue weighted by atomic mass is 10.2. The number of likely N-dealkylation sites (tertiary alicyclic amines) is 1. The second-order valence-electron chi connectivity index (χ2n) is 4.50. The molecule has 2 bridgehead atoms. The van der Waals surface area contributed by atoms with Crippen molar-refractivity contribution in [3.63, 3.8) is 0 Å². The van der Waals surface area contributed by atoms with Crippen LogP contribution in [0.3, 0.4) is 0 Å². The monoisotopic (exact) mass is 247 g/mol. The van der Waals surface area contributed by atoms with Crippen LogP contribution in [0.4, 0.5) is 4.79 Å². The summed E-state index contributed by atoms with van der Waals surface area (Å²) in [6.07, 6.45) is 0.00833. The van der Waals surface area contributed by atoms with Crippen molar-refractivity contribution >= 4 is 12.1 Å². The highest BCUT2D eigenvalue weighted by atomic mass is 16.6. The maximum atomic E-state index is 11.8. The number of morpholine rings is 1. The summed E-state index contributed by atoms with van der Waals surface area (Å²) in [7, 11) is 0. The molecule has 0 aromatic heterocycles. The largest absolute Gasteiger partial charge is 0.459 e. The van der Waals surface area contributed by atoms with Gasteiger partial charge in [0.1, 0.15) is 18.8 Å². The van der Waals surface area contributed by atoms with E-state index in [1.807, 2.05) is 30.3 Å². The third kappa shape index (κ3) is 1.92. The van der Waals surface area contributed by atoms with Gasteiger partial charge in [-0.1, -0.05) is 30.3 Å². The summed E-state index contributed by atoms with van der Waals surface area (Å²) in [5.41, 5.74) is 0.929. The summed E-state index contributed by atoms with van der Waals surface area (Å²) in [5, 5.41) is 0. The molecule has 2 saturated heterocycles. The Labute approximate surface area is 104 Å². The van der Waals surface area contributed by atoms with E-state index in [0.717, 1.165) is 5.56 Å². The minimum absolute atomic E-state index is 0.147. The Hall–Kier alpha value is -2.04. The molecule has 1 amide bonds. The van der Waals surface area contributed by atoms with Crippen LogP contribution in [0.2, 0.25) is 0 Å². The molecule has 18 heavy (non-hydrogen) atoms. The Morgan fingerprint density at radius 2 is 2.17 bits per heavy atom. The Bertz CT molecular complexity index is 473. The first kappa shape index (κ1) is 11.1. The van der Waals surface area contributed by atoms with Crippen LogP contribution in [0.5, 0.6) is 0 Å². The predicted molar refractivity (Wildman–Crippen MR) is 61.6 cm³/mol. The molecule has 94 valence electrons. The zero-order chi connectivity index (χ0) is 12.5. The number of carbonyl (C=O) groups excluding carboxylic acids is 2. The van der Waals surface area contributed by atoms with Crippen LogP contribution in [0.1, 0.15) is 12.0 Å². The average Bonchev–Trinajstić information content (AvgIpc) is 2.96. The van der Waals surface area contributed by atoms with Crippen LogP contribution in [-0.2, 0) is 20.9 Å². The summed E-state index contributed by atoms with van der Waals surface area (Å²) in [6, 6.07) is 9.01. The van der Waals surface area contributed by atoms with E-state index >= 15 is 0 Å². The van der Waals surface area contributed by atoms with E-state index in [-0.39, 0.29) is 18.7 Å². The molecular formula is C13H13NO4. The lowest BCUT2D eigenvalue weighted by Crippen LogP contribution is -2.44. The molecule has 5 nitrogen and oxygen atoms in total. The van der Waals surface area contributed by atoms with E-state index in [2.05, 4.69) is 0 Å². The standard InChI is InChI=1S/C13H13NO4/c15-12-11-6-10(18-12)7-14(11)13(16)17-8-9-4-2-1-3-5-9/h1-5,10-11H,6-8H2/t10?,11-/m0/s1. The molecule has 2 aliphatic heterocycles. The number of amides is 1. The molecule has 2 heterocycles. The SMILES string of the molecule is O=C1OC2C[C@@H]1N(C(=O)OCc1ccccc1)C2. The summed E-state index contributed by atoms with van der Waals surface area (Å²) < 4.78 is 10.2. The molecule has 2 fully saturated rings. The van der Waals surface area contributed by atoms with E-state index in [1.54, 1.807) is 0 Å². The van der Waals surface area contributed by atoms with Gasteiger partial charge in [-0.3, -0.25) is 4.90 Å². The van der Waals surface area contributed by atoms with Crippen molar-refractivity contribution in [2.24, 2.45) is 0 Å². The van der Waals surface area contributed by atoms with Crippen molar-refractivity contribution in [3.8, 4) is 0 Å². The second-order valence-corrected chi connectivity index (χ2v) is 4.50. The average molecular weight is 247 g/mol. The number of ether oxygens (including phenoxy) is 2. The van der Waals surface area contributed by atoms with Gasteiger partial charge in [-0.25, -0.2) is 9.59 Å².